The number of fused-ring (bicyclic) bond motifs is 1. The molecule has 3 rings (SSSR count). The summed E-state index contributed by atoms with van der Waals surface area (Å²) in [6, 6.07) is 12.8. The molecule has 0 saturated heterocycles. The molecule has 0 spiro atoms. The normalized spacial score (nSPS) is 17.9. The number of benzene rings is 2. The van der Waals surface area contributed by atoms with Crippen molar-refractivity contribution >= 4 is 34.9 Å². The number of amides is 3. The first-order chi connectivity index (χ1) is 14.4. The molecule has 3 amide bonds. The smallest absolute Gasteiger partial charge is 0.326 e. The van der Waals surface area contributed by atoms with E-state index in [2.05, 4.69) is 23.6 Å². The molecular formula is C24H30ClN3O2. The zero-order valence-corrected chi connectivity index (χ0v) is 18.6. The zero-order chi connectivity index (χ0) is 21.7. The molecule has 0 aromatic heterocycles. The van der Waals surface area contributed by atoms with Crippen molar-refractivity contribution in [1.29, 1.82) is 0 Å². The molecule has 0 radical (unpaired) electrons. The van der Waals surface area contributed by atoms with E-state index >= 15 is 0 Å². The molecule has 6 heteroatoms. The van der Waals surface area contributed by atoms with Gasteiger partial charge in [0.05, 0.1) is 11.7 Å². The van der Waals surface area contributed by atoms with Gasteiger partial charge in [-0.05, 0) is 56.5 Å². The predicted molar refractivity (Wildman–Crippen MR) is 123 cm³/mol. The third-order valence-electron chi connectivity index (χ3n) is 5.47. The summed E-state index contributed by atoms with van der Waals surface area (Å²) in [6.07, 6.45) is 4.26. The lowest BCUT2D eigenvalue weighted by Crippen LogP contribution is -2.48. The van der Waals surface area contributed by atoms with Crippen LogP contribution >= 0.6 is 11.6 Å². The fourth-order valence-corrected chi connectivity index (χ4v) is 4.17. The topological polar surface area (TPSA) is 61.4 Å². The van der Waals surface area contributed by atoms with Crippen molar-refractivity contribution in [2.75, 3.05) is 10.2 Å². The van der Waals surface area contributed by atoms with E-state index in [0.29, 0.717) is 23.6 Å². The Morgan fingerprint density at radius 3 is 2.70 bits per heavy atom. The van der Waals surface area contributed by atoms with Gasteiger partial charge in [0.25, 0.3) is 0 Å². The van der Waals surface area contributed by atoms with E-state index in [9.17, 15) is 9.59 Å². The number of nitrogens with zero attached hydrogens (tertiary/aromatic N) is 1. The molecule has 2 aromatic carbocycles. The Kier molecular flexibility index (Phi) is 7.38. The molecular weight excluding hydrogens is 398 g/mol. The quantitative estimate of drug-likeness (QED) is 0.538. The largest absolute Gasteiger partial charge is 0.349 e. The van der Waals surface area contributed by atoms with E-state index in [4.69, 9.17) is 11.6 Å². The van der Waals surface area contributed by atoms with E-state index < -0.39 is 0 Å². The highest BCUT2D eigenvalue weighted by atomic mass is 35.5. The Bertz CT molecular complexity index is 915. The summed E-state index contributed by atoms with van der Waals surface area (Å²) < 4.78 is 0. The van der Waals surface area contributed by atoms with Crippen LogP contribution in [0, 0.1) is 6.92 Å². The number of nitrogens with one attached hydrogen (secondary N) is 2. The van der Waals surface area contributed by atoms with Gasteiger partial charge in [0.15, 0.2) is 0 Å². The van der Waals surface area contributed by atoms with Gasteiger partial charge < -0.3 is 10.6 Å². The fraction of sp³-hybridized carbons (Fsp3) is 0.417. The Morgan fingerprint density at radius 1 is 1.17 bits per heavy atom. The van der Waals surface area contributed by atoms with Gasteiger partial charge in [-0.25, -0.2) is 4.79 Å². The highest BCUT2D eigenvalue weighted by Crippen LogP contribution is 2.38. The maximum absolute atomic E-state index is 13.1. The minimum atomic E-state index is -0.206. The van der Waals surface area contributed by atoms with Crippen LogP contribution in [0.4, 0.5) is 16.2 Å². The first-order valence-corrected chi connectivity index (χ1v) is 11.0. The minimum absolute atomic E-state index is 0.0691. The molecule has 2 atom stereocenters. The summed E-state index contributed by atoms with van der Waals surface area (Å²) in [4.78, 5) is 27.4. The molecule has 0 bridgehead atoms. The average molecular weight is 428 g/mol. The van der Waals surface area contributed by atoms with Crippen LogP contribution in [-0.2, 0) is 4.79 Å². The van der Waals surface area contributed by atoms with Crippen molar-refractivity contribution in [2.45, 2.75) is 65.0 Å². The van der Waals surface area contributed by atoms with Crippen molar-refractivity contribution < 1.29 is 9.59 Å². The molecule has 2 N–H and O–H groups in total. The summed E-state index contributed by atoms with van der Waals surface area (Å²) >= 11 is 6.05. The lowest BCUT2D eigenvalue weighted by atomic mass is 9.90. The van der Waals surface area contributed by atoms with Crippen molar-refractivity contribution in [2.24, 2.45) is 0 Å². The van der Waals surface area contributed by atoms with Gasteiger partial charge >= 0.3 is 6.03 Å². The van der Waals surface area contributed by atoms with E-state index in [0.717, 1.165) is 36.1 Å². The van der Waals surface area contributed by atoms with Gasteiger partial charge in [-0.1, -0.05) is 55.1 Å². The summed E-state index contributed by atoms with van der Waals surface area (Å²) in [5.74, 6) is 0.0740. The molecule has 1 heterocycles. The molecule has 1 aliphatic rings. The molecule has 0 fully saturated rings. The van der Waals surface area contributed by atoms with E-state index in [1.165, 1.54) is 0 Å². The Morgan fingerprint density at radius 2 is 1.97 bits per heavy atom. The SMILES string of the molecule is CCCCCC(=O)NC1CC(C)N(C(=O)Nc2cccc(Cl)c2)c2ccc(C)cc21. The third-order valence-corrected chi connectivity index (χ3v) is 5.71. The van der Waals surface area contributed by atoms with Gasteiger partial charge in [-0.2, -0.15) is 0 Å². The van der Waals surface area contributed by atoms with E-state index in [1.54, 1.807) is 23.1 Å². The molecule has 160 valence electrons. The van der Waals surface area contributed by atoms with Crippen LogP contribution in [0.5, 0.6) is 0 Å². The van der Waals surface area contributed by atoms with Crippen LogP contribution in [0.15, 0.2) is 42.5 Å². The molecule has 30 heavy (non-hydrogen) atoms. The molecule has 1 aliphatic heterocycles. The Hall–Kier alpha value is -2.53. The summed E-state index contributed by atoms with van der Waals surface area (Å²) in [7, 11) is 0. The van der Waals surface area contributed by atoms with Crippen molar-refractivity contribution in [3.63, 3.8) is 0 Å². The van der Waals surface area contributed by atoms with Gasteiger partial charge in [0, 0.05) is 23.2 Å². The number of unbranched alkanes of at least 4 members (excludes halogenated alkanes) is 2. The molecule has 5 nitrogen and oxygen atoms in total. The second-order valence-electron chi connectivity index (χ2n) is 8.03. The third kappa shape index (κ3) is 5.33. The monoisotopic (exact) mass is 427 g/mol. The average Bonchev–Trinajstić information content (AvgIpc) is 2.68. The van der Waals surface area contributed by atoms with Crippen LogP contribution in [-0.4, -0.2) is 18.0 Å². The van der Waals surface area contributed by atoms with Gasteiger partial charge in [0.1, 0.15) is 0 Å². The summed E-state index contributed by atoms with van der Waals surface area (Å²) in [5, 5.41) is 6.71. The number of aryl methyl sites for hydroxylation is 1. The van der Waals surface area contributed by atoms with Crippen LogP contribution in [0.1, 0.15) is 63.1 Å². The zero-order valence-electron chi connectivity index (χ0n) is 17.9. The lowest BCUT2D eigenvalue weighted by molar-refractivity contribution is -0.122. The van der Waals surface area contributed by atoms with Gasteiger partial charge in [-0.15, -0.1) is 0 Å². The highest BCUT2D eigenvalue weighted by molar-refractivity contribution is 6.30. The molecule has 2 unspecified atom stereocenters. The van der Waals surface area contributed by atoms with Crippen LogP contribution in [0.2, 0.25) is 5.02 Å². The maximum atomic E-state index is 13.1. The van der Waals surface area contributed by atoms with Crippen LogP contribution in [0.25, 0.3) is 0 Å². The Labute approximate surface area is 183 Å². The number of urea groups is 1. The first kappa shape index (κ1) is 22.2. The van der Waals surface area contributed by atoms with E-state index in [1.807, 2.05) is 32.0 Å². The second kappa shape index (κ2) is 9.98. The standard InChI is InChI=1S/C24H30ClN3O2/c1-4-5-6-10-23(29)27-21-14-17(3)28(22-12-11-16(2)13-20(21)22)24(30)26-19-9-7-8-18(25)15-19/h7-9,11-13,15,17,21H,4-6,10,14H2,1-3H3,(H,26,30)(H,27,29). The molecule has 2 aromatic rings. The minimum Gasteiger partial charge on any atom is -0.349 e. The van der Waals surface area contributed by atoms with Gasteiger partial charge in [0.2, 0.25) is 5.91 Å². The Balaban J connectivity index is 1.82. The van der Waals surface area contributed by atoms with Crippen molar-refractivity contribution in [3.8, 4) is 0 Å². The molecule has 0 aliphatic carbocycles. The predicted octanol–water partition coefficient (Wildman–Crippen LogP) is 6.22. The first-order valence-electron chi connectivity index (χ1n) is 10.6. The number of anilines is 2. The number of hydrogen-bond acceptors (Lipinski definition) is 2. The second-order valence-corrected chi connectivity index (χ2v) is 8.47. The fourth-order valence-electron chi connectivity index (χ4n) is 3.98. The number of carbonyl (C=O) groups is 2. The van der Waals surface area contributed by atoms with Crippen molar-refractivity contribution in [1.82, 2.24) is 5.32 Å². The van der Waals surface area contributed by atoms with Gasteiger partial charge in [-0.3, -0.25) is 9.69 Å². The number of rotatable bonds is 6. The number of carbonyl (C=O) groups excluding carboxylic acids is 2. The maximum Gasteiger partial charge on any atom is 0.326 e. The van der Waals surface area contributed by atoms with E-state index in [-0.39, 0.29) is 24.0 Å². The number of hydrogen-bond donors (Lipinski definition) is 2. The molecule has 0 saturated carbocycles. The van der Waals surface area contributed by atoms with Crippen LogP contribution in [0.3, 0.4) is 0 Å². The van der Waals surface area contributed by atoms with Crippen LogP contribution < -0.4 is 15.5 Å². The highest BCUT2D eigenvalue weighted by Gasteiger charge is 2.34. The summed E-state index contributed by atoms with van der Waals surface area (Å²) in [6.45, 7) is 6.16. The summed E-state index contributed by atoms with van der Waals surface area (Å²) in [5.41, 5.74) is 3.57. The van der Waals surface area contributed by atoms with Crippen molar-refractivity contribution in [3.05, 3.63) is 58.6 Å². The lowest BCUT2D eigenvalue weighted by Gasteiger charge is -2.39. The number of halogens is 1.